The average molecular weight is 508 g/mol. The van der Waals surface area contributed by atoms with Crippen LogP contribution in [-0.4, -0.2) is 127 Å². The molecule has 2 aliphatic rings. The van der Waals surface area contributed by atoms with E-state index in [9.17, 15) is 56.1 Å². The van der Waals surface area contributed by atoms with Crippen LogP contribution in [0.2, 0.25) is 0 Å². The second-order valence-electron chi connectivity index (χ2n) is 8.11. The SMILES string of the molecule is O=C(O)c1cc(N[C@H]2O[C@@H](CO)[C@@H](O[C@@H]3O[C@@H](CO)[C@@H](O)[C@@H](O)[C@H]3O)[C@@H](O)[C@H]2O)cc([NH+]([O-])O)c1. The summed E-state index contributed by atoms with van der Waals surface area (Å²) >= 11 is 0. The van der Waals surface area contributed by atoms with Crippen LogP contribution in [0.15, 0.2) is 18.2 Å². The van der Waals surface area contributed by atoms with Gasteiger partial charge in [-0.2, -0.15) is 5.23 Å². The summed E-state index contributed by atoms with van der Waals surface area (Å²) < 4.78 is 16.2. The molecule has 2 saturated heterocycles. The Morgan fingerprint density at radius 2 is 1.60 bits per heavy atom. The molecule has 0 bridgehead atoms. The summed E-state index contributed by atoms with van der Waals surface area (Å²) in [6.45, 7) is -1.51. The van der Waals surface area contributed by atoms with Crippen LogP contribution in [0.4, 0.5) is 11.4 Å². The van der Waals surface area contributed by atoms with Crippen molar-refractivity contribution in [2.24, 2.45) is 0 Å². The van der Waals surface area contributed by atoms with Crippen LogP contribution in [0.5, 0.6) is 0 Å². The van der Waals surface area contributed by atoms with Crippen molar-refractivity contribution in [1.82, 2.24) is 0 Å². The van der Waals surface area contributed by atoms with E-state index in [1.807, 2.05) is 0 Å². The molecule has 16 heteroatoms. The molecule has 0 spiro atoms. The predicted octanol–water partition coefficient (Wildman–Crippen LogP) is -5.18. The lowest BCUT2D eigenvalue weighted by molar-refractivity contribution is -0.991. The normalized spacial score (nSPS) is 38.7. The van der Waals surface area contributed by atoms with Gasteiger partial charge in [-0.05, 0) is 6.07 Å². The third-order valence-corrected chi connectivity index (χ3v) is 5.74. The molecule has 11 N–H and O–H groups in total. The van der Waals surface area contributed by atoms with Crippen molar-refractivity contribution >= 4 is 17.3 Å². The number of hydrogen-bond acceptors (Lipinski definition) is 14. The summed E-state index contributed by atoms with van der Waals surface area (Å²) in [4.78, 5) is 11.3. The molecule has 11 atom stereocenters. The Labute approximate surface area is 197 Å². The first kappa shape index (κ1) is 27.6. The molecule has 0 saturated carbocycles. The van der Waals surface area contributed by atoms with Crippen molar-refractivity contribution in [3.05, 3.63) is 29.0 Å². The van der Waals surface area contributed by atoms with Crippen LogP contribution in [0, 0.1) is 5.21 Å². The number of anilines is 1. The van der Waals surface area contributed by atoms with Gasteiger partial charge < -0.3 is 65.6 Å². The Hall–Kier alpha value is -2.03. The van der Waals surface area contributed by atoms with Crippen molar-refractivity contribution in [1.29, 1.82) is 0 Å². The molecule has 0 aromatic heterocycles. The van der Waals surface area contributed by atoms with Crippen LogP contribution in [0.1, 0.15) is 10.4 Å². The Bertz CT molecular complexity index is 870. The average Bonchev–Trinajstić information content (AvgIpc) is 2.83. The topological polar surface area (TPSA) is 266 Å². The lowest BCUT2D eigenvalue weighted by Gasteiger charge is -2.46. The minimum absolute atomic E-state index is 0.0801. The van der Waals surface area contributed by atoms with E-state index in [0.717, 1.165) is 18.2 Å². The standard InChI is InChI=1S/C19H28N2O14/c22-4-9-11(24)12(25)15(28)19(34-9)35-16-10(5-23)33-17(14(27)13(16)26)20-7-1-6(18(29)30)2-8(3-7)21(31)32/h1-3,9-17,19-28,31H,4-5H2,(H,29,30)/t9-,10-,11+,12+,13-,14+,15+,16+,17-,19-/m0/s1. The van der Waals surface area contributed by atoms with Gasteiger partial charge in [0.05, 0.1) is 18.8 Å². The van der Waals surface area contributed by atoms with Gasteiger partial charge in [0, 0.05) is 17.8 Å². The molecule has 198 valence electrons. The quantitative estimate of drug-likeness (QED) is 0.147. The number of carboxylic acids is 1. The minimum atomic E-state index is -1.82. The Morgan fingerprint density at radius 1 is 0.943 bits per heavy atom. The van der Waals surface area contributed by atoms with Crippen molar-refractivity contribution in [2.75, 3.05) is 18.5 Å². The number of aliphatic hydroxyl groups excluding tert-OH is 7. The number of ether oxygens (including phenoxy) is 3. The summed E-state index contributed by atoms with van der Waals surface area (Å²) in [7, 11) is 0. The maximum absolute atomic E-state index is 11.3. The van der Waals surface area contributed by atoms with Crippen molar-refractivity contribution in [2.45, 2.75) is 61.3 Å². The molecule has 2 fully saturated rings. The van der Waals surface area contributed by atoms with E-state index in [0.29, 0.717) is 0 Å². The molecule has 0 aliphatic carbocycles. The number of carboxylic acid groups (broad SMARTS) is 1. The van der Waals surface area contributed by atoms with E-state index in [2.05, 4.69) is 5.32 Å². The number of rotatable bonds is 8. The number of aliphatic hydroxyl groups is 7. The second-order valence-corrected chi connectivity index (χ2v) is 8.11. The van der Waals surface area contributed by atoms with Gasteiger partial charge in [-0.3, -0.25) is 0 Å². The fourth-order valence-electron chi connectivity index (χ4n) is 3.83. The van der Waals surface area contributed by atoms with Crippen molar-refractivity contribution in [3.8, 4) is 0 Å². The lowest BCUT2D eigenvalue weighted by atomic mass is 9.96. The zero-order valence-corrected chi connectivity index (χ0v) is 18.0. The molecule has 1 unspecified atom stereocenters. The number of benzene rings is 1. The van der Waals surface area contributed by atoms with Crippen LogP contribution >= 0.6 is 0 Å². The van der Waals surface area contributed by atoms with Crippen molar-refractivity contribution < 1.29 is 70.3 Å². The minimum Gasteiger partial charge on any atom is -0.595 e. The van der Waals surface area contributed by atoms with E-state index >= 15 is 0 Å². The molecule has 1 aromatic rings. The van der Waals surface area contributed by atoms with E-state index < -0.39 is 85.8 Å². The largest absolute Gasteiger partial charge is 0.595 e. The molecular weight excluding hydrogens is 480 g/mol. The lowest BCUT2D eigenvalue weighted by Crippen LogP contribution is -2.99. The van der Waals surface area contributed by atoms with E-state index in [-0.39, 0.29) is 16.9 Å². The number of aromatic carboxylic acids is 1. The van der Waals surface area contributed by atoms with Crippen LogP contribution in [0.3, 0.4) is 0 Å². The second kappa shape index (κ2) is 11.4. The van der Waals surface area contributed by atoms with Gasteiger partial charge >= 0.3 is 5.97 Å². The maximum atomic E-state index is 11.3. The molecule has 0 radical (unpaired) electrons. The Kier molecular flexibility index (Phi) is 8.94. The molecule has 16 nitrogen and oxygen atoms in total. The molecule has 3 rings (SSSR count). The smallest absolute Gasteiger partial charge is 0.335 e. The highest BCUT2D eigenvalue weighted by Gasteiger charge is 2.50. The van der Waals surface area contributed by atoms with Crippen molar-refractivity contribution in [3.63, 3.8) is 0 Å². The first-order chi connectivity index (χ1) is 16.5. The van der Waals surface area contributed by atoms with Gasteiger partial charge in [0.1, 0.15) is 48.8 Å². The van der Waals surface area contributed by atoms with Gasteiger partial charge in [-0.25, -0.2) is 10.0 Å². The summed E-state index contributed by atoms with van der Waals surface area (Å²) in [6, 6.07) is 3.06. The van der Waals surface area contributed by atoms with Gasteiger partial charge in [-0.15, -0.1) is 0 Å². The molecular formula is C19H28N2O14. The number of hydrogen-bond donors (Lipinski definition) is 11. The zero-order chi connectivity index (χ0) is 26.0. The monoisotopic (exact) mass is 508 g/mol. The molecule has 1 aromatic carbocycles. The van der Waals surface area contributed by atoms with Gasteiger partial charge in [0.2, 0.25) is 0 Å². The first-order valence-electron chi connectivity index (χ1n) is 10.4. The summed E-state index contributed by atoms with van der Waals surface area (Å²) in [5, 5.41) is 101. The van der Waals surface area contributed by atoms with E-state index in [1.54, 1.807) is 0 Å². The molecule has 2 heterocycles. The van der Waals surface area contributed by atoms with Gasteiger partial charge in [-0.1, -0.05) is 0 Å². The first-order valence-corrected chi connectivity index (χ1v) is 10.4. The van der Waals surface area contributed by atoms with E-state index in [1.165, 1.54) is 0 Å². The van der Waals surface area contributed by atoms with E-state index in [4.69, 9.17) is 14.2 Å². The highest BCUT2D eigenvalue weighted by Crippen LogP contribution is 2.30. The highest BCUT2D eigenvalue weighted by molar-refractivity contribution is 5.90. The molecule has 35 heavy (non-hydrogen) atoms. The number of carbonyl (C=O) groups is 1. The predicted molar refractivity (Wildman–Crippen MR) is 109 cm³/mol. The summed E-state index contributed by atoms with van der Waals surface area (Å²) in [5.74, 6) is -1.41. The third kappa shape index (κ3) is 5.87. The number of quaternary nitrogens is 1. The fourth-order valence-corrected chi connectivity index (χ4v) is 3.83. The fraction of sp³-hybridized carbons (Fsp3) is 0.632. The van der Waals surface area contributed by atoms with Crippen LogP contribution < -0.4 is 10.5 Å². The Balaban J connectivity index is 1.77. The summed E-state index contributed by atoms with van der Waals surface area (Å²) in [5.41, 5.74) is -0.829. The highest BCUT2D eigenvalue weighted by atomic mass is 16.8. The third-order valence-electron chi connectivity index (χ3n) is 5.74. The van der Waals surface area contributed by atoms with Gasteiger partial charge in [0.25, 0.3) is 0 Å². The zero-order valence-electron chi connectivity index (χ0n) is 18.0. The maximum Gasteiger partial charge on any atom is 0.335 e. The Morgan fingerprint density at radius 3 is 2.17 bits per heavy atom. The molecule has 0 amide bonds. The van der Waals surface area contributed by atoms with Gasteiger partial charge in [0.15, 0.2) is 18.2 Å². The number of nitrogens with one attached hydrogen (secondary N) is 2. The van der Waals surface area contributed by atoms with Crippen LogP contribution in [-0.2, 0) is 14.2 Å². The summed E-state index contributed by atoms with van der Waals surface area (Å²) in [6.07, 6.45) is -16.2. The van der Waals surface area contributed by atoms with Crippen LogP contribution in [0.25, 0.3) is 0 Å². The molecule has 2 aliphatic heterocycles.